The van der Waals surface area contributed by atoms with Gasteiger partial charge in [0.05, 0.1) is 28.7 Å². The molecular formula is C19H19N3O7. The van der Waals surface area contributed by atoms with E-state index in [1.807, 2.05) is 0 Å². The number of carbonyl (C=O) groups excluding carboxylic acids is 1. The number of carbonyl (C=O) groups is 1. The first kappa shape index (κ1) is 20.1. The van der Waals surface area contributed by atoms with Crippen LogP contribution in [0.15, 0.2) is 52.8 Å². The van der Waals surface area contributed by atoms with Crippen molar-refractivity contribution in [2.45, 2.75) is 12.8 Å². The number of H-pyrrole nitrogens is 1. The lowest BCUT2D eigenvalue weighted by Crippen LogP contribution is -2.28. The number of anilines is 1. The largest absolute Gasteiger partial charge is 0.513 e. The van der Waals surface area contributed by atoms with Crippen molar-refractivity contribution in [3.63, 3.8) is 0 Å². The van der Waals surface area contributed by atoms with E-state index in [1.54, 1.807) is 19.1 Å². The van der Waals surface area contributed by atoms with Crippen LogP contribution in [0.3, 0.4) is 0 Å². The highest BCUT2D eigenvalue weighted by atomic mass is 16.7. The van der Waals surface area contributed by atoms with Crippen LogP contribution in [0.4, 0.5) is 16.2 Å². The van der Waals surface area contributed by atoms with E-state index in [4.69, 9.17) is 14.2 Å². The molecule has 29 heavy (non-hydrogen) atoms. The van der Waals surface area contributed by atoms with E-state index >= 15 is 0 Å². The second-order valence-electron chi connectivity index (χ2n) is 6.19. The molecule has 0 saturated heterocycles. The number of methoxy groups -OCH3 is 1. The Morgan fingerprint density at radius 1 is 1.24 bits per heavy atom. The molecule has 10 nitrogen and oxygen atoms in total. The molecule has 0 fully saturated rings. The highest BCUT2D eigenvalue weighted by Gasteiger charge is 2.37. The van der Waals surface area contributed by atoms with Crippen LogP contribution in [0.1, 0.15) is 24.0 Å². The molecule has 1 aromatic carbocycles. The van der Waals surface area contributed by atoms with Gasteiger partial charge in [0.15, 0.2) is 0 Å². The van der Waals surface area contributed by atoms with Gasteiger partial charge in [-0.3, -0.25) is 14.9 Å². The predicted molar refractivity (Wildman–Crippen MR) is 103 cm³/mol. The number of nitrogens with one attached hydrogen (secondary N) is 2. The van der Waals surface area contributed by atoms with Crippen molar-refractivity contribution < 1.29 is 23.9 Å². The van der Waals surface area contributed by atoms with Gasteiger partial charge in [-0.2, -0.15) is 0 Å². The summed E-state index contributed by atoms with van der Waals surface area (Å²) in [6.45, 7) is 1.80. The number of para-hydroxylation sites is 1. The molecule has 1 aliphatic rings. The van der Waals surface area contributed by atoms with Crippen LogP contribution < -0.4 is 10.9 Å². The number of ether oxygens (including phenoxy) is 3. The Bertz CT molecular complexity index is 1030. The standard InChI is InChI=1S/C19H19N3O7/c1-11-17(29-19(24)28-10-9-27-2)15(12-5-3-4-6-14(12)22(25)26)16-13(21-11)7-8-20-18(16)23/h3-8,15,21H,9-10H2,1-2H3,(H,20,23). The van der Waals surface area contributed by atoms with E-state index in [9.17, 15) is 19.7 Å². The average Bonchev–Trinajstić information content (AvgIpc) is 2.69. The number of hydrogen-bond donors (Lipinski definition) is 2. The Hall–Kier alpha value is -3.66. The Balaban J connectivity index is 2.11. The minimum absolute atomic E-state index is 0.0254. The molecule has 0 aliphatic carbocycles. The van der Waals surface area contributed by atoms with E-state index < -0.39 is 22.6 Å². The minimum Gasteiger partial charge on any atom is -0.432 e. The summed E-state index contributed by atoms with van der Waals surface area (Å²) in [5.74, 6) is -0.932. The van der Waals surface area contributed by atoms with E-state index in [0.29, 0.717) is 11.4 Å². The van der Waals surface area contributed by atoms with Crippen molar-refractivity contribution in [1.29, 1.82) is 0 Å². The van der Waals surface area contributed by atoms with E-state index in [-0.39, 0.29) is 35.8 Å². The van der Waals surface area contributed by atoms with Crippen LogP contribution in [0.5, 0.6) is 0 Å². The van der Waals surface area contributed by atoms with E-state index in [2.05, 4.69) is 10.3 Å². The molecule has 2 heterocycles. The number of benzene rings is 1. The van der Waals surface area contributed by atoms with Gasteiger partial charge in [-0.15, -0.1) is 0 Å². The number of fused-ring (bicyclic) bond motifs is 1. The Labute approximate surface area is 165 Å². The molecule has 1 aliphatic heterocycles. The second-order valence-corrected chi connectivity index (χ2v) is 6.19. The number of pyridine rings is 1. The SMILES string of the molecule is COCCOC(=O)OC1=C(C)Nc2cc[nH]c(=O)c2C1c1ccccc1[N+](=O)[O-]. The fourth-order valence-corrected chi connectivity index (χ4v) is 3.16. The lowest BCUT2D eigenvalue weighted by Gasteiger charge is -2.28. The smallest absolute Gasteiger partial charge is 0.432 e. The molecule has 1 unspecified atom stereocenters. The van der Waals surface area contributed by atoms with Gasteiger partial charge in [0.1, 0.15) is 12.4 Å². The number of rotatable bonds is 6. The topological polar surface area (TPSA) is 133 Å². The van der Waals surface area contributed by atoms with Crippen LogP contribution in [-0.4, -0.2) is 36.4 Å². The average molecular weight is 401 g/mol. The molecule has 1 atom stereocenters. The molecule has 10 heteroatoms. The number of hydrogen-bond acceptors (Lipinski definition) is 8. The van der Waals surface area contributed by atoms with Gasteiger partial charge in [0.2, 0.25) is 0 Å². The van der Waals surface area contributed by atoms with E-state index in [0.717, 1.165) is 0 Å². The molecular weight excluding hydrogens is 382 g/mol. The van der Waals surface area contributed by atoms with Crippen molar-refractivity contribution in [2.24, 2.45) is 0 Å². The zero-order chi connectivity index (χ0) is 21.0. The molecule has 0 saturated carbocycles. The van der Waals surface area contributed by atoms with Crippen LogP contribution in [0.25, 0.3) is 0 Å². The quantitative estimate of drug-likeness (QED) is 0.327. The first-order chi connectivity index (χ1) is 13.9. The molecule has 2 aromatic rings. The fraction of sp³-hybridized carbons (Fsp3) is 0.263. The third kappa shape index (κ3) is 4.11. The highest BCUT2D eigenvalue weighted by molar-refractivity contribution is 5.69. The summed E-state index contributed by atoms with van der Waals surface area (Å²) in [7, 11) is 1.46. The number of aromatic nitrogens is 1. The number of nitro groups is 1. The molecule has 152 valence electrons. The van der Waals surface area contributed by atoms with Crippen LogP contribution in [0.2, 0.25) is 0 Å². The van der Waals surface area contributed by atoms with Crippen molar-refractivity contribution in [2.75, 3.05) is 25.6 Å². The van der Waals surface area contributed by atoms with Gasteiger partial charge in [0, 0.05) is 30.6 Å². The Morgan fingerprint density at radius 3 is 2.72 bits per heavy atom. The summed E-state index contributed by atoms with van der Waals surface area (Å²) >= 11 is 0. The maximum atomic E-state index is 12.6. The summed E-state index contributed by atoms with van der Waals surface area (Å²) in [6.07, 6.45) is 0.459. The predicted octanol–water partition coefficient (Wildman–Crippen LogP) is 2.87. The number of nitrogens with zero attached hydrogens (tertiary/aromatic N) is 1. The lowest BCUT2D eigenvalue weighted by molar-refractivity contribution is -0.385. The van der Waals surface area contributed by atoms with Crippen LogP contribution in [-0.2, 0) is 14.2 Å². The maximum Gasteiger partial charge on any atom is 0.513 e. The van der Waals surface area contributed by atoms with Crippen molar-refractivity contribution >= 4 is 17.5 Å². The highest BCUT2D eigenvalue weighted by Crippen LogP contribution is 2.43. The normalized spacial score (nSPS) is 15.3. The van der Waals surface area contributed by atoms with Crippen LogP contribution >= 0.6 is 0 Å². The second kappa shape index (κ2) is 8.57. The Kier molecular flexibility index (Phi) is 5.93. The third-order valence-corrected chi connectivity index (χ3v) is 4.39. The molecule has 0 radical (unpaired) electrons. The molecule has 0 amide bonds. The van der Waals surface area contributed by atoms with Gasteiger partial charge >= 0.3 is 6.16 Å². The fourth-order valence-electron chi connectivity index (χ4n) is 3.16. The summed E-state index contributed by atoms with van der Waals surface area (Å²) in [4.78, 5) is 38.4. The van der Waals surface area contributed by atoms with Crippen molar-refractivity contribution in [3.05, 3.63) is 79.6 Å². The maximum absolute atomic E-state index is 12.6. The Morgan fingerprint density at radius 2 is 2.00 bits per heavy atom. The molecule has 3 rings (SSSR count). The monoisotopic (exact) mass is 401 g/mol. The summed E-state index contributed by atoms with van der Waals surface area (Å²) in [6, 6.07) is 7.63. The zero-order valence-corrected chi connectivity index (χ0v) is 15.8. The molecule has 1 aromatic heterocycles. The molecule has 0 bridgehead atoms. The summed E-state index contributed by atoms with van der Waals surface area (Å²) < 4.78 is 15.2. The van der Waals surface area contributed by atoms with Crippen LogP contribution in [0, 0.1) is 10.1 Å². The summed E-state index contributed by atoms with van der Waals surface area (Å²) in [5, 5.41) is 14.6. The van der Waals surface area contributed by atoms with Gasteiger partial charge in [-0.25, -0.2) is 4.79 Å². The number of aromatic amines is 1. The van der Waals surface area contributed by atoms with Crippen molar-refractivity contribution in [3.8, 4) is 0 Å². The van der Waals surface area contributed by atoms with Gasteiger partial charge in [0.25, 0.3) is 11.2 Å². The zero-order valence-electron chi connectivity index (χ0n) is 15.8. The first-order valence-corrected chi connectivity index (χ1v) is 8.70. The van der Waals surface area contributed by atoms with Gasteiger partial charge < -0.3 is 24.5 Å². The molecule has 0 spiro atoms. The summed E-state index contributed by atoms with van der Waals surface area (Å²) in [5.41, 5.74) is 0.655. The first-order valence-electron chi connectivity index (χ1n) is 8.70. The third-order valence-electron chi connectivity index (χ3n) is 4.39. The number of allylic oxidation sites excluding steroid dienone is 2. The number of nitro benzene ring substituents is 1. The minimum atomic E-state index is -1.00. The van der Waals surface area contributed by atoms with E-state index in [1.165, 1.54) is 31.5 Å². The molecule has 2 N–H and O–H groups in total. The van der Waals surface area contributed by atoms with Crippen molar-refractivity contribution in [1.82, 2.24) is 4.98 Å². The lowest BCUT2D eigenvalue weighted by atomic mass is 9.85. The van der Waals surface area contributed by atoms with Gasteiger partial charge in [-0.05, 0) is 13.0 Å². The van der Waals surface area contributed by atoms with Gasteiger partial charge in [-0.1, -0.05) is 18.2 Å².